The number of benzene rings is 1. The van der Waals surface area contributed by atoms with Crippen molar-refractivity contribution in [3.8, 4) is 22.8 Å². The molecule has 1 aromatic heterocycles. The summed E-state index contributed by atoms with van der Waals surface area (Å²) in [5.41, 5.74) is 3.09. The second-order valence-electron chi connectivity index (χ2n) is 4.88. The Bertz CT molecular complexity index is 598. The fourth-order valence-corrected chi connectivity index (χ4v) is 2.32. The third-order valence-electron chi connectivity index (χ3n) is 3.38. The van der Waals surface area contributed by atoms with Crippen LogP contribution in [0, 0.1) is 0 Å². The number of aromatic amines is 1. The smallest absolute Gasteiger partial charge is 0.162 e. The molecule has 112 valence electrons. The van der Waals surface area contributed by atoms with Crippen LogP contribution in [-0.2, 0) is 6.54 Å². The summed E-state index contributed by atoms with van der Waals surface area (Å²) in [6.45, 7) is 2.86. The number of hydrogen-bond donors (Lipinski definition) is 3. The molecule has 0 radical (unpaired) electrons. The van der Waals surface area contributed by atoms with Gasteiger partial charge in [0.05, 0.1) is 11.9 Å². The van der Waals surface area contributed by atoms with Crippen molar-refractivity contribution < 1.29 is 14.6 Å². The first-order chi connectivity index (χ1) is 10.4. The Kier molecular flexibility index (Phi) is 4.37. The molecule has 2 heterocycles. The van der Waals surface area contributed by atoms with Crippen LogP contribution in [0.5, 0.6) is 11.5 Å². The number of nitrogens with one attached hydrogen (secondary N) is 2. The maximum atomic E-state index is 8.78. The normalized spacial score (nSPS) is 13.4. The van der Waals surface area contributed by atoms with Crippen LogP contribution in [-0.4, -0.2) is 41.7 Å². The first-order valence-corrected chi connectivity index (χ1v) is 7.12. The highest BCUT2D eigenvalue weighted by molar-refractivity contribution is 5.66. The average Bonchev–Trinajstić information content (AvgIpc) is 2.99. The standard InChI is InChI=1S/C15H19N3O3/c19-5-1-4-16-9-12-10-17-18-15(12)11-2-3-13-14(8-11)21-7-6-20-13/h2-3,8,10,16,19H,1,4-7,9H2,(H,17,18). The Balaban J connectivity index is 1.76. The van der Waals surface area contributed by atoms with Crippen molar-refractivity contribution in [2.75, 3.05) is 26.4 Å². The van der Waals surface area contributed by atoms with Crippen LogP contribution in [0.2, 0.25) is 0 Å². The van der Waals surface area contributed by atoms with Crippen LogP contribution >= 0.6 is 0 Å². The summed E-state index contributed by atoms with van der Waals surface area (Å²) in [6.07, 6.45) is 2.56. The molecule has 0 atom stereocenters. The van der Waals surface area contributed by atoms with Crippen LogP contribution in [0.3, 0.4) is 0 Å². The second kappa shape index (κ2) is 6.60. The molecule has 0 fully saturated rings. The lowest BCUT2D eigenvalue weighted by Crippen LogP contribution is -2.16. The third-order valence-corrected chi connectivity index (χ3v) is 3.38. The number of H-pyrrole nitrogens is 1. The molecule has 6 heteroatoms. The lowest BCUT2D eigenvalue weighted by atomic mass is 10.1. The van der Waals surface area contributed by atoms with Gasteiger partial charge in [0.1, 0.15) is 13.2 Å². The van der Waals surface area contributed by atoms with E-state index in [-0.39, 0.29) is 6.61 Å². The minimum absolute atomic E-state index is 0.202. The molecule has 0 amide bonds. The van der Waals surface area contributed by atoms with Crippen molar-refractivity contribution in [3.05, 3.63) is 30.0 Å². The highest BCUT2D eigenvalue weighted by Crippen LogP contribution is 2.34. The van der Waals surface area contributed by atoms with E-state index in [0.717, 1.165) is 41.3 Å². The lowest BCUT2D eigenvalue weighted by Gasteiger charge is -2.18. The molecule has 0 saturated heterocycles. The van der Waals surface area contributed by atoms with Gasteiger partial charge in [0.2, 0.25) is 0 Å². The maximum Gasteiger partial charge on any atom is 0.162 e. The van der Waals surface area contributed by atoms with Gasteiger partial charge in [-0.3, -0.25) is 5.10 Å². The maximum absolute atomic E-state index is 8.78. The SMILES string of the molecule is OCCCNCc1cn[nH]c1-c1ccc2c(c1)OCCO2. The lowest BCUT2D eigenvalue weighted by molar-refractivity contribution is 0.171. The van der Waals surface area contributed by atoms with Gasteiger partial charge < -0.3 is 19.9 Å². The van der Waals surface area contributed by atoms with E-state index >= 15 is 0 Å². The van der Waals surface area contributed by atoms with E-state index in [1.807, 2.05) is 24.4 Å². The van der Waals surface area contributed by atoms with Crippen molar-refractivity contribution in [2.45, 2.75) is 13.0 Å². The molecule has 0 bridgehead atoms. The first-order valence-electron chi connectivity index (χ1n) is 7.12. The van der Waals surface area contributed by atoms with E-state index in [9.17, 15) is 0 Å². The van der Waals surface area contributed by atoms with Crippen molar-refractivity contribution >= 4 is 0 Å². The highest BCUT2D eigenvalue weighted by atomic mass is 16.6. The van der Waals surface area contributed by atoms with Crippen molar-refractivity contribution in [1.82, 2.24) is 15.5 Å². The van der Waals surface area contributed by atoms with Crippen molar-refractivity contribution in [2.24, 2.45) is 0 Å². The molecular formula is C15H19N3O3. The van der Waals surface area contributed by atoms with Gasteiger partial charge in [0.15, 0.2) is 11.5 Å². The predicted molar refractivity (Wildman–Crippen MR) is 78.4 cm³/mol. The molecule has 6 nitrogen and oxygen atoms in total. The summed E-state index contributed by atoms with van der Waals surface area (Å²) in [5.74, 6) is 1.56. The summed E-state index contributed by atoms with van der Waals surface area (Å²) < 4.78 is 11.1. The van der Waals surface area contributed by atoms with E-state index < -0.39 is 0 Å². The van der Waals surface area contributed by atoms with Crippen LogP contribution in [0.4, 0.5) is 0 Å². The number of ether oxygens (including phenoxy) is 2. The Morgan fingerprint density at radius 1 is 1.24 bits per heavy atom. The van der Waals surface area contributed by atoms with Gasteiger partial charge in [-0.05, 0) is 31.2 Å². The molecule has 3 rings (SSSR count). The van der Waals surface area contributed by atoms with Crippen LogP contribution < -0.4 is 14.8 Å². The number of rotatable bonds is 6. The van der Waals surface area contributed by atoms with Gasteiger partial charge in [0, 0.05) is 24.3 Å². The Morgan fingerprint density at radius 3 is 2.95 bits per heavy atom. The van der Waals surface area contributed by atoms with E-state index in [0.29, 0.717) is 19.8 Å². The van der Waals surface area contributed by atoms with Gasteiger partial charge >= 0.3 is 0 Å². The van der Waals surface area contributed by atoms with E-state index in [1.54, 1.807) is 0 Å². The monoisotopic (exact) mass is 289 g/mol. The van der Waals surface area contributed by atoms with Crippen LogP contribution in [0.1, 0.15) is 12.0 Å². The largest absolute Gasteiger partial charge is 0.486 e. The summed E-state index contributed by atoms with van der Waals surface area (Å²) in [6, 6.07) is 5.89. The van der Waals surface area contributed by atoms with E-state index in [1.165, 1.54) is 0 Å². The third kappa shape index (κ3) is 3.17. The van der Waals surface area contributed by atoms with Gasteiger partial charge in [-0.15, -0.1) is 0 Å². The zero-order valence-electron chi connectivity index (χ0n) is 11.8. The molecule has 1 aliphatic rings. The highest BCUT2D eigenvalue weighted by Gasteiger charge is 2.14. The van der Waals surface area contributed by atoms with Gasteiger partial charge in [-0.1, -0.05) is 0 Å². The molecule has 0 unspecified atom stereocenters. The van der Waals surface area contributed by atoms with E-state index in [2.05, 4.69) is 15.5 Å². The molecule has 21 heavy (non-hydrogen) atoms. The molecule has 2 aromatic rings. The number of aliphatic hydroxyl groups is 1. The molecule has 1 aromatic carbocycles. The number of hydrogen-bond acceptors (Lipinski definition) is 5. The minimum atomic E-state index is 0.202. The molecular weight excluding hydrogens is 270 g/mol. The molecule has 1 aliphatic heterocycles. The van der Waals surface area contributed by atoms with Crippen molar-refractivity contribution in [3.63, 3.8) is 0 Å². The predicted octanol–water partition coefficient (Wildman–Crippen LogP) is 1.32. The zero-order chi connectivity index (χ0) is 14.5. The summed E-state index contributed by atoms with van der Waals surface area (Å²) in [7, 11) is 0. The zero-order valence-corrected chi connectivity index (χ0v) is 11.8. The quantitative estimate of drug-likeness (QED) is 0.699. The number of fused-ring (bicyclic) bond motifs is 1. The Labute approximate surface area is 123 Å². The molecule has 0 aliphatic carbocycles. The number of nitrogens with zero attached hydrogens (tertiary/aromatic N) is 1. The fraction of sp³-hybridized carbons (Fsp3) is 0.400. The summed E-state index contributed by atoms with van der Waals surface area (Å²) in [4.78, 5) is 0. The topological polar surface area (TPSA) is 79.4 Å². The summed E-state index contributed by atoms with van der Waals surface area (Å²) in [5, 5.41) is 19.2. The van der Waals surface area contributed by atoms with Gasteiger partial charge in [-0.25, -0.2) is 0 Å². The minimum Gasteiger partial charge on any atom is -0.486 e. The molecule has 0 spiro atoms. The van der Waals surface area contributed by atoms with Crippen LogP contribution in [0.25, 0.3) is 11.3 Å². The van der Waals surface area contributed by atoms with Crippen molar-refractivity contribution in [1.29, 1.82) is 0 Å². The Hall–Kier alpha value is -2.05. The van der Waals surface area contributed by atoms with Gasteiger partial charge in [0.25, 0.3) is 0 Å². The van der Waals surface area contributed by atoms with Crippen LogP contribution in [0.15, 0.2) is 24.4 Å². The average molecular weight is 289 g/mol. The van der Waals surface area contributed by atoms with Gasteiger partial charge in [-0.2, -0.15) is 5.10 Å². The second-order valence-corrected chi connectivity index (χ2v) is 4.88. The molecule has 3 N–H and O–H groups in total. The van der Waals surface area contributed by atoms with E-state index in [4.69, 9.17) is 14.6 Å². The Morgan fingerprint density at radius 2 is 2.10 bits per heavy atom. The molecule has 0 saturated carbocycles. The summed E-state index contributed by atoms with van der Waals surface area (Å²) >= 11 is 0. The number of aromatic nitrogens is 2. The first kappa shape index (κ1) is 13.9. The number of aliphatic hydroxyl groups excluding tert-OH is 1. The fourth-order valence-electron chi connectivity index (χ4n) is 2.32.